The van der Waals surface area contributed by atoms with Gasteiger partial charge in [0.15, 0.2) is 0 Å². The molecule has 0 radical (unpaired) electrons. The summed E-state index contributed by atoms with van der Waals surface area (Å²) in [5.41, 5.74) is 6.42. The molecule has 0 spiro atoms. The molecule has 27 heavy (non-hydrogen) atoms. The Morgan fingerprint density at radius 3 is 1.56 bits per heavy atom. The fourth-order valence-corrected chi connectivity index (χ4v) is 5.66. The number of rotatable bonds is 6. The Morgan fingerprint density at radius 1 is 0.889 bits per heavy atom. The maximum atomic E-state index is 6.75. The lowest BCUT2D eigenvalue weighted by Crippen LogP contribution is -2.54. The van der Waals surface area contributed by atoms with E-state index in [2.05, 4.69) is 106 Å². The predicted octanol–water partition coefficient (Wildman–Crippen LogP) is 4.06. The molecule has 2 aromatic rings. The number of hydrogen-bond donors (Lipinski definition) is 1. The van der Waals surface area contributed by atoms with Gasteiger partial charge in [-0.15, -0.1) is 17.4 Å². The molecule has 148 valence electrons. The molecule has 2 atom stereocenters. The van der Waals surface area contributed by atoms with E-state index in [9.17, 15) is 0 Å². The summed E-state index contributed by atoms with van der Waals surface area (Å²) in [7, 11) is -1.76. The van der Waals surface area contributed by atoms with Crippen molar-refractivity contribution in [2.45, 2.75) is 63.6 Å². The van der Waals surface area contributed by atoms with Crippen LogP contribution in [0.2, 0.25) is 17.4 Å². The zero-order valence-corrected chi connectivity index (χ0v) is 20.6. The minimum Gasteiger partial charge on any atom is -0.406 e. The van der Waals surface area contributed by atoms with E-state index < -0.39 is 9.04 Å². The van der Waals surface area contributed by atoms with Gasteiger partial charge in [-0.2, -0.15) is 0 Å². The van der Waals surface area contributed by atoms with E-state index in [-0.39, 0.29) is 31.7 Å². The monoisotopic (exact) mass is 399 g/mol. The molecule has 0 bridgehead atoms. The van der Waals surface area contributed by atoms with Gasteiger partial charge in [0.25, 0.3) is 14.1 Å². The minimum atomic E-state index is -1.76. The highest BCUT2D eigenvalue weighted by molar-refractivity contribution is 6.80. The van der Waals surface area contributed by atoms with Crippen LogP contribution in [0.1, 0.15) is 34.1 Å². The second kappa shape index (κ2) is 11.8. The maximum Gasteiger partial charge on any atom is 0.251 e. The predicted molar refractivity (Wildman–Crippen MR) is 125 cm³/mol. The quantitative estimate of drug-likeness (QED) is 0.744. The molecule has 2 N–H and O–H groups in total. The molecule has 0 aliphatic heterocycles. The number of hydrogen-bond acceptors (Lipinski definition) is 2. The molecule has 2 aromatic carbocycles. The van der Waals surface area contributed by atoms with Gasteiger partial charge < -0.3 is 10.2 Å². The van der Waals surface area contributed by atoms with Crippen molar-refractivity contribution in [3.63, 3.8) is 0 Å². The average molecular weight is 400 g/mol. The normalized spacial score (nSPS) is 13.5. The highest BCUT2D eigenvalue weighted by Crippen LogP contribution is 2.26. The second-order valence-corrected chi connectivity index (χ2v) is 14.8. The molecule has 0 amide bonds. The van der Waals surface area contributed by atoms with Crippen molar-refractivity contribution in [1.82, 2.24) is 0 Å². The molecule has 1 unspecified atom stereocenters. The van der Waals surface area contributed by atoms with Gasteiger partial charge in [-0.25, -0.2) is 0 Å². The largest absolute Gasteiger partial charge is 0.406 e. The van der Waals surface area contributed by atoms with Gasteiger partial charge in [-0.3, -0.25) is 0 Å². The third-order valence-electron chi connectivity index (χ3n) is 4.20. The molecule has 0 saturated carbocycles. The lowest BCUT2D eigenvalue weighted by atomic mass is 9.84. The van der Waals surface area contributed by atoms with Crippen LogP contribution < -0.4 is 16.1 Å². The molecular formula is C23H38AlNOSi. The van der Waals surface area contributed by atoms with Crippen LogP contribution in [0.5, 0.6) is 0 Å². The summed E-state index contributed by atoms with van der Waals surface area (Å²) in [5.74, 6) is 6.92. The van der Waals surface area contributed by atoms with E-state index in [0.29, 0.717) is 0 Å². The zero-order chi connectivity index (χ0) is 20.4. The Kier molecular flexibility index (Phi) is 10.6. The van der Waals surface area contributed by atoms with Crippen molar-refractivity contribution in [1.29, 1.82) is 0 Å². The maximum absolute atomic E-state index is 6.75. The molecule has 2 rings (SSSR count). The van der Waals surface area contributed by atoms with E-state index in [0.717, 1.165) is 6.42 Å². The van der Waals surface area contributed by atoms with E-state index in [4.69, 9.17) is 10.2 Å². The molecule has 0 aliphatic rings. The van der Waals surface area contributed by atoms with Crippen molar-refractivity contribution in [3.05, 3.63) is 60.7 Å². The van der Waals surface area contributed by atoms with Gasteiger partial charge in [0, 0.05) is 6.04 Å². The van der Waals surface area contributed by atoms with Gasteiger partial charge >= 0.3 is 0 Å². The summed E-state index contributed by atoms with van der Waals surface area (Å²) in [4.78, 5) is 0. The number of benzene rings is 2. The van der Waals surface area contributed by atoms with E-state index >= 15 is 0 Å². The third kappa shape index (κ3) is 8.77. The van der Waals surface area contributed by atoms with Gasteiger partial charge in [0.05, 0.1) is 6.10 Å². The molecule has 4 heteroatoms. The molecule has 0 saturated heterocycles. The fraction of sp³-hybridized carbons (Fsp3) is 0.478. The van der Waals surface area contributed by atoms with E-state index in [1.807, 2.05) is 0 Å². The summed E-state index contributed by atoms with van der Waals surface area (Å²) < 4.78 is 6.75. The fourth-order valence-electron chi connectivity index (χ4n) is 2.91. The van der Waals surface area contributed by atoms with Gasteiger partial charge in [-0.05, 0) is 22.2 Å². The summed E-state index contributed by atoms with van der Waals surface area (Å²) in [5, 5.41) is 2.60. The lowest BCUT2D eigenvalue weighted by molar-refractivity contribution is 0.0642. The zero-order valence-electron chi connectivity index (χ0n) is 18.3. The van der Waals surface area contributed by atoms with Crippen molar-refractivity contribution in [2.75, 3.05) is 0 Å². The Balaban J connectivity index is 0.000000828. The number of nitrogens with two attached hydrogens (primary N) is 1. The molecule has 0 fully saturated rings. The van der Waals surface area contributed by atoms with Crippen LogP contribution in [-0.4, -0.2) is 35.3 Å². The minimum absolute atomic E-state index is 0.0181. The first-order valence-electron chi connectivity index (χ1n) is 10.2. The molecule has 0 aromatic heterocycles. The third-order valence-corrected chi connectivity index (χ3v) is 6.75. The van der Waals surface area contributed by atoms with Crippen LogP contribution in [0.25, 0.3) is 0 Å². The van der Waals surface area contributed by atoms with Crippen LogP contribution in [0.4, 0.5) is 0 Å². The highest BCUT2D eigenvalue weighted by atomic mass is 28.3. The van der Waals surface area contributed by atoms with E-state index in [1.165, 1.54) is 10.4 Å². The first-order valence-corrected chi connectivity index (χ1v) is 15.3. The molecule has 0 aliphatic carbocycles. The summed E-state index contributed by atoms with van der Waals surface area (Å²) in [6, 6.07) is 21.3. The van der Waals surface area contributed by atoms with Crippen molar-refractivity contribution in [2.24, 2.45) is 11.1 Å². The van der Waals surface area contributed by atoms with Crippen LogP contribution >= 0.6 is 0 Å². The van der Waals surface area contributed by atoms with E-state index in [1.54, 1.807) is 0 Å². The van der Waals surface area contributed by atoms with Crippen LogP contribution in [-0.2, 0) is 4.43 Å². The van der Waals surface area contributed by atoms with Gasteiger partial charge in [-0.1, -0.05) is 88.4 Å². The standard InChI is InChI=1S/C20H29NOSi.3CH3.Al/c1-5-18(21)19(20(2,3)4)22-23(16-12-8-6-9-13-16)17-14-10-7-11-15-17;;;;/h6-15,18-19,23H,5,21H2,1-4H3;3*1H3;/t18-,19?;;;;/m0..../s1. The molecular weight excluding hydrogens is 361 g/mol. The highest BCUT2D eigenvalue weighted by Gasteiger charge is 2.33. The first-order chi connectivity index (χ1) is 12.7. The van der Waals surface area contributed by atoms with Crippen LogP contribution in [0, 0.1) is 5.41 Å². The Labute approximate surface area is 173 Å². The summed E-state index contributed by atoms with van der Waals surface area (Å²) in [6.07, 6.45) is 0.969. The Morgan fingerprint density at radius 2 is 1.26 bits per heavy atom. The SMILES string of the molecule is CC[C@H](N)C(O[SiH](c1ccccc1)c1ccccc1)C(C)(C)C.[CH3][Al]([CH3])[CH3]. The van der Waals surface area contributed by atoms with Crippen molar-refractivity contribution >= 4 is 33.6 Å². The van der Waals surface area contributed by atoms with Crippen LogP contribution in [0.15, 0.2) is 60.7 Å². The lowest BCUT2D eigenvalue weighted by Gasteiger charge is -2.38. The summed E-state index contributed by atoms with van der Waals surface area (Å²) >= 11 is -0.139. The summed E-state index contributed by atoms with van der Waals surface area (Å²) in [6.45, 7) is 8.78. The average Bonchev–Trinajstić information content (AvgIpc) is 2.62. The molecule has 0 heterocycles. The molecule has 2 nitrogen and oxygen atoms in total. The Bertz CT molecular complexity index is 586. The van der Waals surface area contributed by atoms with Crippen LogP contribution in [0.3, 0.4) is 0 Å². The van der Waals surface area contributed by atoms with Crippen molar-refractivity contribution in [3.8, 4) is 0 Å². The Hall–Kier alpha value is -0.891. The smallest absolute Gasteiger partial charge is 0.251 e. The van der Waals surface area contributed by atoms with Gasteiger partial charge in [0.1, 0.15) is 0 Å². The topological polar surface area (TPSA) is 35.2 Å². The second-order valence-electron chi connectivity index (χ2n) is 8.93. The van der Waals surface area contributed by atoms with Gasteiger partial charge in [0.2, 0.25) is 9.04 Å². The van der Waals surface area contributed by atoms with Crippen molar-refractivity contribution < 1.29 is 4.43 Å². The first kappa shape index (κ1) is 24.1.